The second kappa shape index (κ2) is 4.01. The molecule has 0 aromatic heterocycles. The highest BCUT2D eigenvalue weighted by Gasteiger charge is 2.09. The summed E-state index contributed by atoms with van der Waals surface area (Å²) < 4.78 is 0. The number of hydrogen-bond acceptors (Lipinski definition) is 2. The Bertz CT molecular complexity index is 322. The summed E-state index contributed by atoms with van der Waals surface area (Å²) in [6, 6.07) is 5.77. The molecule has 2 nitrogen and oxygen atoms in total. The smallest absolute Gasteiger partial charge is 0.115 e. The van der Waals surface area contributed by atoms with Crippen LogP contribution in [0.4, 0.5) is 0 Å². The maximum absolute atomic E-state index is 9.39. The van der Waals surface area contributed by atoms with Crippen molar-refractivity contribution in [2.75, 3.05) is 20.1 Å². The summed E-state index contributed by atoms with van der Waals surface area (Å²) in [5.74, 6) is 0.401. The molecule has 0 spiro atoms. The molecule has 0 aliphatic carbocycles. The minimum atomic E-state index is 0.401. The Hall–Kier alpha value is -1.02. The quantitative estimate of drug-likeness (QED) is 0.676. The zero-order valence-electron chi connectivity index (χ0n) is 8.66. The van der Waals surface area contributed by atoms with E-state index in [0.717, 1.165) is 25.9 Å². The van der Waals surface area contributed by atoms with Gasteiger partial charge in [0.1, 0.15) is 5.75 Å². The molecular weight excluding hydrogens is 174 g/mol. The summed E-state index contributed by atoms with van der Waals surface area (Å²) in [6.07, 6.45) is 3.38. The molecule has 14 heavy (non-hydrogen) atoms. The predicted molar refractivity (Wildman–Crippen MR) is 57.6 cm³/mol. The number of aromatic hydroxyl groups is 1. The number of nitrogens with zero attached hydrogens (tertiary/aromatic N) is 1. The van der Waals surface area contributed by atoms with Gasteiger partial charge in [-0.25, -0.2) is 0 Å². The molecule has 0 saturated carbocycles. The first-order valence-corrected chi connectivity index (χ1v) is 5.25. The van der Waals surface area contributed by atoms with E-state index in [1.165, 1.54) is 17.5 Å². The van der Waals surface area contributed by atoms with E-state index in [-0.39, 0.29) is 0 Å². The second-order valence-corrected chi connectivity index (χ2v) is 4.11. The Morgan fingerprint density at radius 2 is 2.00 bits per heavy atom. The molecule has 1 aliphatic heterocycles. The fourth-order valence-electron chi connectivity index (χ4n) is 2.05. The van der Waals surface area contributed by atoms with Crippen molar-refractivity contribution >= 4 is 0 Å². The van der Waals surface area contributed by atoms with Crippen LogP contribution in [0.25, 0.3) is 0 Å². The zero-order valence-corrected chi connectivity index (χ0v) is 8.66. The lowest BCUT2D eigenvalue weighted by atomic mass is 9.98. The molecule has 0 fully saturated rings. The second-order valence-electron chi connectivity index (χ2n) is 4.11. The highest BCUT2D eigenvalue weighted by Crippen LogP contribution is 2.20. The summed E-state index contributed by atoms with van der Waals surface area (Å²) in [4.78, 5) is 2.37. The Labute approximate surface area is 85.2 Å². The molecule has 0 amide bonds. The molecule has 0 atom stereocenters. The monoisotopic (exact) mass is 191 g/mol. The van der Waals surface area contributed by atoms with Gasteiger partial charge in [0.15, 0.2) is 0 Å². The van der Waals surface area contributed by atoms with Gasteiger partial charge in [0, 0.05) is 6.54 Å². The molecule has 0 unspecified atom stereocenters. The number of hydrogen-bond donors (Lipinski definition) is 1. The van der Waals surface area contributed by atoms with Gasteiger partial charge in [0.2, 0.25) is 0 Å². The fraction of sp³-hybridized carbons (Fsp3) is 0.500. The Morgan fingerprint density at radius 3 is 2.86 bits per heavy atom. The molecule has 1 heterocycles. The van der Waals surface area contributed by atoms with Crippen LogP contribution < -0.4 is 0 Å². The lowest BCUT2D eigenvalue weighted by Crippen LogP contribution is -2.25. The van der Waals surface area contributed by atoms with E-state index in [1.54, 1.807) is 6.07 Å². The number of phenolic OH excluding ortho intramolecular Hbond substituents is 1. The maximum atomic E-state index is 9.39. The molecule has 0 saturated heterocycles. The summed E-state index contributed by atoms with van der Waals surface area (Å²) in [5.41, 5.74) is 2.73. The van der Waals surface area contributed by atoms with Crippen molar-refractivity contribution in [3.8, 4) is 5.75 Å². The van der Waals surface area contributed by atoms with Crippen LogP contribution in [0.2, 0.25) is 0 Å². The van der Waals surface area contributed by atoms with E-state index >= 15 is 0 Å². The fourth-order valence-corrected chi connectivity index (χ4v) is 2.05. The van der Waals surface area contributed by atoms with Gasteiger partial charge in [0.25, 0.3) is 0 Å². The van der Waals surface area contributed by atoms with Crippen molar-refractivity contribution in [3.63, 3.8) is 0 Å². The first kappa shape index (κ1) is 9.53. The summed E-state index contributed by atoms with van der Waals surface area (Å²) in [5, 5.41) is 9.39. The number of likely N-dealkylation sites (N-methyl/N-ethyl adjacent to an activating group) is 1. The van der Waals surface area contributed by atoms with Crippen LogP contribution >= 0.6 is 0 Å². The lowest BCUT2D eigenvalue weighted by Gasteiger charge is -2.21. The van der Waals surface area contributed by atoms with Crippen LogP contribution in [-0.2, 0) is 12.8 Å². The SMILES string of the molecule is CN1CCCc2cc(O)ccc2CC1. The first-order valence-electron chi connectivity index (χ1n) is 5.25. The van der Waals surface area contributed by atoms with E-state index < -0.39 is 0 Å². The van der Waals surface area contributed by atoms with Gasteiger partial charge >= 0.3 is 0 Å². The Kier molecular flexibility index (Phi) is 2.73. The molecule has 1 aromatic rings. The number of phenols is 1. The van der Waals surface area contributed by atoms with Crippen LogP contribution in [0.3, 0.4) is 0 Å². The maximum Gasteiger partial charge on any atom is 0.115 e. The van der Waals surface area contributed by atoms with E-state index in [9.17, 15) is 5.11 Å². The third kappa shape index (κ3) is 2.07. The van der Waals surface area contributed by atoms with Crippen molar-refractivity contribution in [2.24, 2.45) is 0 Å². The topological polar surface area (TPSA) is 23.5 Å². The van der Waals surface area contributed by atoms with Crippen LogP contribution in [0.5, 0.6) is 5.75 Å². The molecule has 0 radical (unpaired) electrons. The molecule has 76 valence electrons. The average Bonchev–Trinajstić information content (AvgIpc) is 2.13. The average molecular weight is 191 g/mol. The molecular formula is C12H17NO. The molecule has 2 rings (SSSR count). The third-order valence-corrected chi connectivity index (χ3v) is 2.94. The van der Waals surface area contributed by atoms with Gasteiger partial charge in [-0.1, -0.05) is 6.07 Å². The minimum absolute atomic E-state index is 0.401. The largest absolute Gasteiger partial charge is 0.508 e. The van der Waals surface area contributed by atoms with Gasteiger partial charge < -0.3 is 10.0 Å². The highest BCUT2D eigenvalue weighted by atomic mass is 16.3. The Balaban J connectivity index is 2.24. The van der Waals surface area contributed by atoms with Gasteiger partial charge in [-0.15, -0.1) is 0 Å². The summed E-state index contributed by atoms with van der Waals surface area (Å²) in [7, 11) is 2.17. The normalized spacial score (nSPS) is 18.4. The van der Waals surface area contributed by atoms with Crippen LogP contribution in [-0.4, -0.2) is 30.1 Å². The molecule has 1 aliphatic rings. The van der Waals surface area contributed by atoms with Crippen molar-refractivity contribution in [1.82, 2.24) is 4.90 Å². The van der Waals surface area contributed by atoms with Gasteiger partial charge in [-0.3, -0.25) is 0 Å². The molecule has 2 heteroatoms. The first-order chi connectivity index (χ1) is 6.75. The Morgan fingerprint density at radius 1 is 1.14 bits per heavy atom. The molecule has 1 aromatic carbocycles. The van der Waals surface area contributed by atoms with Gasteiger partial charge in [0.05, 0.1) is 0 Å². The molecule has 0 bridgehead atoms. The lowest BCUT2D eigenvalue weighted by molar-refractivity contribution is 0.327. The third-order valence-electron chi connectivity index (χ3n) is 2.94. The standard InChI is InChI=1S/C12H17NO/c1-13-7-2-3-11-9-12(14)5-4-10(11)6-8-13/h4-5,9,14H,2-3,6-8H2,1H3. The van der Waals surface area contributed by atoms with Crippen molar-refractivity contribution < 1.29 is 5.11 Å². The van der Waals surface area contributed by atoms with Crippen LogP contribution in [0, 0.1) is 0 Å². The van der Waals surface area contributed by atoms with Crippen molar-refractivity contribution in [1.29, 1.82) is 0 Å². The van der Waals surface area contributed by atoms with Gasteiger partial charge in [-0.2, -0.15) is 0 Å². The van der Waals surface area contributed by atoms with E-state index in [1.807, 2.05) is 6.07 Å². The number of aryl methyl sites for hydroxylation is 1. The predicted octanol–water partition coefficient (Wildman–Crippen LogP) is 1.81. The number of rotatable bonds is 0. The van der Waals surface area contributed by atoms with Crippen LogP contribution in [0.15, 0.2) is 18.2 Å². The van der Waals surface area contributed by atoms with E-state index in [4.69, 9.17) is 0 Å². The number of benzene rings is 1. The van der Waals surface area contributed by atoms with Crippen LogP contribution in [0.1, 0.15) is 17.5 Å². The van der Waals surface area contributed by atoms with Crippen molar-refractivity contribution in [3.05, 3.63) is 29.3 Å². The van der Waals surface area contributed by atoms with Gasteiger partial charge in [-0.05, 0) is 56.1 Å². The highest BCUT2D eigenvalue weighted by molar-refractivity contribution is 5.35. The zero-order chi connectivity index (χ0) is 9.97. The summed E-state index contributed by atoms with van der Waals surface area (Å²) in [6.45, 7) is 2.28. The van der Waals surface area contributed by atoms with Crippen molar-refractivity contribution in [2.45, 2.75) is 19.3 Å². The minimum Gasteiger partial charge on any atom is -0.508 e. The molecule has 1 N–H and O–H groups in total. The van der Waals surface area contributed by atoms with E-state index in [0.29, 0.717) is 5.75 Å². The van der Waals surface area contributed by atoms with E-state index in [2.05, 4.69) is 18.0 Å². The summed E-state index contributed by atoms with van der Waals surface area (Å²) >= 11 is 0. The number of fused-ring (bicyclic) bond motifs is 1.